The van der Waals surface area contributed by atoms with Crippen molar-refractivity contribution in [3.8, 4) is 0 Å². The van der Waals surface area contributed by atoms with E-state index in [0.29, 0.717) is 0 Å². The molecule has 0 fully saturated rings. The van der Waals surface area contributed by atoms with Gasteiger partial charge in [-0.1, -0.05) is 42.8 Å². The van der Waals surface area contributed by atoms with E-state index in [2.05, 4.69) is 42.2 Å². The molecule has 1 aromatic carbocycles. The van der Waals surface area contributed by atoms with Crippen molar-refractivity contribution in [2.75, 3.05) is 13.1 Å². The molecule has 0 aromatic heterocycles. The Kier molecular flexibility index (Phi) is 2.90. The van der Waals surface area contributed by atoms with Gasteiger partial charge < -0.3 is 0 Å². The third-order valence-electron chi connectivity index (χ3n) is 2.58. The minimum atomic E-state index is 0.868. The highest BCUT2D eigenvalue weighted by Crippen LogP contribution is 2.21. The Hall–Kier alpha value is -0.790. The minimum absolute atomic E-state index is 0.868. The fourth-order valence-corrected chi connectivity index (χ4v) is 2.05. The molecule has 0 spiro atoms. The zero-order valence-corrected chi connectivity index (χ0v) is 9.09. The average Bonchev–Trinajstić information content (AvgIpc) is 2.35. The Morgan fingerprint density at radius 3 is 2.86 bits per heavy atom. The molecule has 0 amide bonds. The Labute approximate surface area is 90.0 Å². The Bertz CT molecular complexity index is 357. The molecule has 2 heteroatoms. The minimum Gasteiger partial charge on any atom is -0.294 e. The van der Waals surface area contributed by atoms with Crippen LogP contribution in [-0.2, 0) is 6.54 Å². The maximum Gasteiger partial charge on any atom is 0.0345 e. The van der Waals surface area contributed by atoms with Crippen molar-refractivity contribution in [1.29, 1.82) is 0 Å². The Morgan fingerprint density at radius 1 is 1.29 bits per heavy atom. The standard InChI is InChI=1S/C12H14ClN/c1-2-14-8-11-6-4-3-5-10(11)7-12(13)9-14/h3-7H,2,8-9H2,1H3. The van der Waals surface area contributed by atoms with Gasteiger partial charge >= 0.3 is 0 Å². The zero-order chi connectivity index (χ0) is 9.97. The summed E-state index contributed by atoms with van der Waals surface area (Å²) in [5.74, 6) is 0. The third kappa shape index (κ3) is 1.99. The number of fused-ring (bicyclic) bond motifs is 1. The van der Waals surface area contributed by atoms with Crippen molar-refractivity contribution in [1.82, 2.24) is 4.90 Å². The summed E-state index contributed by atoms with van der Waals surface area (Å²) in [6.45, 7) is 5.07. The first-order valence-electron chi connectivity index (χ1n) is 4.96. The molecule has 1 heterocycles. The van der Waals surface area contributed by atoms with Crippen molar-refractivity contribution in [2.24, 2.45) is 0 Å². The maximum atomic E-state index is 6.14. The predicted molar refractivity (Wildman–Crippen MR) is 61.2 cm³/mol. The van der Waals surface area contributed by atoms with E-state index in [1.807, 2.05) is 0 Å². The highest BCUT2D eigenvalue weighted by Gasteiger charge is 2.12. The molecule has 0 N–H and O–H groups in total. The van der Waals surface area contributed by atoms with Gasteiger partial charge in [-0.2, -0.15) is 0 Å². The molecule has 2 rings (SSSR count). The van der Waals surface area contributed by atoms with Gasteiger partial charge in [-0.05, 0) is 23.7 Å². The molecule has 1 aliphatic heterocycles. The summed E-state index contributed by atoms with van der Waals surface area (Å²) < 4.78 is 0. The van der Waals surface area contributed by atoms with Crippen molar-refractivity contribution in [3.05, 3.63) is 40.4 Å². The highest BCUT2D eigenvalue weighted by molar-refractivity contribution is 6.31. The lowest BCUT2D eigenvalue weighted by molar-refractivity contribution is 0.311. The van der Waals surface area contributed by atoms with E-state index in [1.54, 1.807) is 0 Å². The number of likely N-dealkylation sites (N-methyl/N-ethyl adjacent to an activating group) is 1. The van der Waals surface area contributed by atoms with Crippen LogP contribution in [0.1, 0.15) is 18.1 Å². The summed E-state index contributed by atoms with van der Waals surface area (Å²) >= 11 is 6.14. The van der Waals surface area contributed by atoms with Gasteiger partial charge in [0.05, 0.1) is 0 Å². The van der Waals surface area contributed by atoms with Crippen LogP contribution in [-0.4, -0.2) is 18.0 Å². The molecule has 1 nitrogen and oxygen atoms in total. The van der Waals surface area contributed by atoms with Crippen LogP contribution in [0.4, 0.5) is 0 Å². The molecule has 0 bridgehead atoms. The summed E-state index contributed by atoms with van der Waals surface area (Å²) in [7, 11) is 0. The topological polar surface area (TPSA) is 3.24 Å². The molecule has 0 unspecified atom stereocenters. The predicted octanol–water partition coefficient (Wildman–Crippen LogP) is 3.10. The molecule has 74 valence electrons. The van der Waals surface area contributed by atoms with Gasteiger partial charge in [-0.15, -0.1) is 0 Å². The average molecular weight is 208 g/mol. The third-order valence-corrected chi connectivity index (χ3v) is 2.81. The van der Waals surface area contributed by atoms with Crippen LogP contribution in [0.2, 0.25) is 0 Å². The molecule has 1 aliphatic rings. The van der Waals surface area contributed by atoms with E-state index in [-0.39, 0.29) is 0 Å². The number of nitrogens with zero attached hydrogens (tertiary/aromatic N) is 1. The summed E-state index contributed by atoms with van der Waals surface area (Å²) in [6.07, 6.45) is 2.08. The molecule has 0 saturated carbocycles. The van der Waals surface area contributed by atoms with Crippen LogP contribution in [0.15, 0.2) is 29.3 Å². The number of halogens is 1. The van der Waals surface area contributed by atoms with E-state index in [4.69, 9.17) is 11.6 Å². The molecule has 0 saturated heterocycles. The van der Waals surface area contributed by atoms with Gasteiger partial charge in [0.1, 0.15) is 0 Å². The largest absolute Gasteiger partial charge is 0.294 e. The van der Waals surface area contributed by atoms with Gasteiger partial charge in [-0.25, -0.2) is 0 Å². The van der Waals surface area contributed by atoms with Gasteiger partial charge in [0.15, 0.2) is 0 Å². The van der Waals surface area contributed by atoms with E-state index >= 15 is 0 Å². The normalized spacial score (nSPS) is 17.1. The Morgan fingerprint density at radius 2 is 2.07 bits per heavy atom. The molecular weight excluding hydrogens is 194 g/mol. The van der Waals surface area contributed by atoms with E-state index in [0.717, 1.165) is 24.7 Å². The van der Waals surface area contributed by atoms with Gasteiger partial charge in [0.2, 0.25) is 0 Å². The fraction of sp³-hybridized carbons (Fsp3) is 0.333. The molecule has 0 aliphatic carbocycles. The van der Waals surface area contributed by atoms with Gasteiger partial charge in [0.25, 0.3) is 0 Å². The quantitative estimate of drug-likeness (QED) is 0.684. The van der Waals surface area contributed by atoms with Gasteiger partial charge in [-0.3, -0.25) is 4.90 Å². The second-order valence-electron chi connectivity index (χ2n) is 3.59. The number of hydrogen-bond acceptors (Lipinski definition) is 1. The van der Waals surface area contributed by atoms with Crippen LogP contribution in [0.5, 0.6) is 0 Å². The van der Waals surface area contributed by atoms with Crippen molar-refractivity contribution < 1.29 is 0 Å². The number of rotatable bonds is 1. The molecule has 0 radical (unpaired) electrons. The Balaban J connectivity index is 2.38. The molecule has 14 heavy (non-hydrogen) atoms. The van der Waals surface area contributed by atoms with E-state index < -0.39 is 0 Å². The molecule has 0 atom stereocenters. The van der Waals surface area contributed by atoms with Crippen molar-refractivity contribution >= 4 is 17.7 Å². The van der Waals surface area contributed by atoms with Crippen LogP contribution >= 0.6 is 11.6 Å². The van der Waals surface area contributed by atoms with Crippen LogP contribution in [0.25, 0.3) is 6.08 Å². The van der Waals surface area contributed by atoms with E-state index in [9.17, 15) is 0 Å². The lowest BCUT2D eigenvalue weighted by atomic mass is 10.1. The van der Waals surface area contributed by atoms with Crippen LogP contribution in [0, 0.1) is 0 Å². The monoisotopic (exact) mass is 207 g/mol. The summed E-state index contributed by atoms with van der Waals surface area (Å²) in [5, 5.41) is 0.928. The second kappa shape index (κ2) is 4.16. The first kappa shape index (κ1) is 9.75. The van der Waals surface area contributed by atoms with Crippen molar-refractivity contribution in [2.45, 2.75) is 13.5 Å². The second-order valence-corrected chi connectivity index (χ2v) is 4.08. The number of benzene rings is 1. The molecule has 1 aromatic rings. The smallest absolute Gasteiger partial charge is 0.0345 e. The maximum absolute atomic E-state index is 6.14. The van der Waals surface area contributed by atoms with Crippen LogP contribution < -0.4 is 0 Å². The number of hydrogen-bond donors (Lipinski definition) is 0. The summed E-state index contributed by atoms with van der Waals surface area (Å²) in [6, 6.07) is 8.43. The zero-order valence-electron chi connectivity index (χ0n) is 8.33. The summed E-state index contributed by atoms with van der Waals surface area (Å²) in [4.78, 5) is 2.34. The van der Waals surface area contributed by atoms with Gasteiger partial charge in [0, 0.05) is 18.1 Å². The fourth-order valence-electron chi connectivity index (χ4n) is 1.77. The summed E-state index contributed by atoms with van der Waals surface area (Å²) in [5.41, 5.74) is 2.62. The lowest BCUT2D eigenvalue weighted by Gasteiger charge is -2.18. The first-order valence-corrected chi connectivity index (χ1v) is 5.33. The van der Waals surface area contributed by atoms with E-state index in [1.165, 1.54) is 11.1 Å². The van der Waals surface area contributed by atoms with Crippen molar-refractivity contribution in [3.63, 3.8) is 0 Å². The van der Waals surface area contributed by atoms with Crippen LogP contribution in [0.3, 0.4) is 0 Å². The first-order chi connectivity index (χ1) is 6.79. The lowest BCUT2D eigenvalue weighted by Crippen LogP contribution is -2.23. The molecular formula is C12H14ClN. The SMILES string of the molecule is CCN1CC(Cl)=Cc2ccccc2C1. The highest BCUT2D eigenvalue weighted by atomic mass is 35.5.